The van der Waals surface area contributed by atoms with Crippen LogP contribution in [0.5, 0.6) is 11.5 Å². The molecule has 4 rings (SSSR count). The highest BCUT2D eigenvalue weighted by Gasteiger charge is 2.17. The van der Waals surface area contributed by atoms with Crippen molar-refractivity contribution in [2.45, 2.75) is 19.5 Å². The van der Waals surface area contributed by atoms with E-state index in [2.05, 4.69) is 46.6 Å². The van der Waals surface area contributed by atoms with Gasteiger partial charge in [0.1, 0.15) is 11.5 Å². The smallest absolute Gasteiger partial charge is 0.119 e. The van der Waals surface area contributed by atoms with Gasteiger partial charge in [0, 0.05) is 26.2 Å². The largest absolute Gasteiger partial charge is 0.497 e. The number of hydrogen-bond acceptors (Lipinski definition) is 4. The predicted octanol–water partition coefficient (Wildman–Crippen LogP) is 4.22. The molecule has 0 spiro atoms. The van der Waals surface area contributed by atoms with Crippen LogP contribution in [0.3, 0.4) is 0 Å². The summed E-state index contributed by atoms with van der Waals surface area (Å²) in [5.41, 5.74) is 2.90. The summed E-state index contributed by atoms with van der Waals surface area (Å²) in [6.07, 6.45) is 0.994. The summed E-state index contributed by atoms with van der Waals surface area (Å²) in [6.45, 7) is 5.83. The summed E-state index contributed by atoms with van der Waals surface area (Å²) in [6, 6.07) is 21.0. The lowest BCUT2D eigenvalue weighted by molar-refractivity contribution is 0.250. The molecular formula is C24H28N2O2. The second-order valence-corrected chi connectivity index (χ2v) is 7.27. The van der Waals surface area contributed by atoms with Crippen molar-refractivity contribution < 1.29 is 9.47 Å². The quantitative estimate of drug-likeness (QED) is 0.567. The van der Waals surface area contributed by atoms with Crippen molar-refractivity contribution in [3.8, 4) is 11.5 Å². The Bertz CT molecular complexity index is 867. The van der Waals surface area contributed by atoms with Crippen LogP contribution in [0.1, 0.15) is 17.5 Å². The lowest BCUT2D eigenvalue weighted by atomic mass is 9.95. The number of hydrogen-bond donors (Lipinski definition) is 1. The van der Waals surface area contributed by atoms with Crippen LogP contribution in [0.2, 0.25) is 0 Å². The maximum atomic E-state index is 5.77. The summed E-state index contributed by atoms with van der Waals surface area (Å²) in [5, 5.41) is 6.37. The molecule has 1 N–H and O–H groups in total. The van der Waals surface area contributed by atoms with Crippen molar-refractivity contribution >= 4 is 10.8 Å². The van der Waals surface area contributed by atoms with Crippen molar-refractivity contribution in [3.63, 3.8) is 0 Å². The first kappa shape index (κ1) is 18.8. The minimum Gasteiger partial charge on any atom is -0.497 e. The molecule has 0 saturated carbocycles. The summed E-state index contributed by atoms with van der Waals surface area (Å²) in [7, 11) is 1.67. The van der Waals surface area contributed by atoms with Crippen LogP contribution in [0, 0.1) is 0 Å². The molecule has 0 radical (unpaired) electrons. The minimum atomic E-state index is 0.721. The van der Waals surface area contributed by atoms with Crippen molar-refractivity contribution in [2.24, 2.45) is 0 Å². The molecule has 1 aliphatic rings. The van der Waals surface area contributed by atoms with Gasteiger partial charge in [-0.2, -0.15) is 0 Å². The molecule has 1 aliphatic heterocycles. The maximum absolute atomic E-state index is 5.77. The number of nitrogens with zero attached hydrogens (tertiary/aromatic N) is 1. The van der Waals surface area contributed by atoms with Crippen LogP contribution in [-0.2, 0) is 13.1 Å². The molecule has 146 valence electrons. The van der Waals surface area contributed by atoms with E-state index in [1.54, 1.807) is 7.11 Å². The molecule has 1 heterocycles. The zero-order chi connectivity index (χ0) is 19.2. The lowest BCUT2D eigenvalue weighted by Gasteiger charge is -2.29. The second kappa shape index (κ2) is 9.09. The Morgan fingerprint density at radius 1 is 0.857 bits per heavy atom. The van der Waals surface area contributed by atoms with Gasteiger partial charge in [0.2, 0.25) is 0 Å². The zero-order valence-electron chi connectivity index (χ0n) is 16.5. The van der Waals surface area contributed by atoms with E-state index in [0.717, 1.165) is 57.3 Å². The Balaban J connectivity index is 1.15. The minimum absolute atomic E-state index is 0.721. The molecular weight excluding hydrogens is 348 g/mol. The summed E-state index contributed by atoms with van der Waals surface area (Å²) >= 11 is 0. The van der Waals surface area contributed by atoms with Gasteiger partial charge < -0.3 is 14.8 Å². The molecule has 4 heteroatoms. The van der Waals surface area contributed by atoms with E-state index in [1.807, 2.05) is 24.3 Å². The maximum Gasteiger partial charge on any atom is 0.119 e. The highest BCUT2D eigenvalue weighted by atomic mass is 16.5. The summed E-state index contributed by atoms with van der Waals surface area (Å²) in [4.78, 5) is 2.53. The number of rotatable bonds is 9. The standard InChI is InChI=1S/C24H28N2O2/c1-27-22-9-11-23(12-10-22)28-16-4-13-25-14-15-26-17-20-7-2-5-19-6-3-8-21(18-26)24(19)20/h2-3,5-12,25H,4,13-18H2,1H3. The van der Waals surface area contributed by atoms with Gasteiger partial charge in [-0.25, -0.2) is 0 Å². The van der Waals surface area contributed by atoms with Crippen LogP contribution in [0.4, 0.5) is 0 Å². The monoisotopic (exact) mass is 376 g/mol. The van der Waals surface area contributed by atoms with Gasteiger partial charge in [-0.1, -0.05) is 36.4 Å². The van der Waals surface area contributed by atoms with Gasteiger partial charge in [0.25, 0.3) is 0 Å². The number of methoxy groups -OCH3 is 1. The van der Waals surface area contributed by atoms with Crippen LogP contribution < -0.4 is 14.8 Å². The fraction of sp³-hybridized carbons (Fsp3) is 0.333. The van der Waals surface area contributed by atoms with E-state index in [0.29, 0.717) is 0 Å². The summed E-state index contributed by atoms with van der Waals surface area (Å²) < 4.78 is 10.9. The predicted molar refractivity (Wildman–Crippen MR) is 114 cm³/mol. The normalized spacial score (nSPS) is 13.6. The third-order valence-corrected chi connectivity index (χ3v) is 5.30. The molecule has 0 fully saturated rings. The fourth-order valence-corrected chi connectivity index (χ4v) is 3.88. The van der Waals surface area contributed by atoms with Gasteiger partial charge in [0.05, 0.1) is 13.7 Å². The lowest BCUT2D eigenvalue weighted by Crippen LogP contribution is -2.34. The Hall–Kier alpha value is -2.56. The zero-order valence-corrected chi connectivity index (χ0v) is 16.5. The van der Waals surface area contributed by atoms with E-state index in [4.69, 9.17) is 9.47 Å². The van der Waals surface area contributed by atoms with Crippen molar-refractivity contribution in [2.75, 3.05) is 33.4 Å². The van der Waals surface area contributed by atoms with Gasteiger partial charge in [-0.05, 0) is 59.1 Å². The molecule has 0 unspecified atom stereocenters. The molecule has 3 aromatic carbocycles. The van der Waals surface area contributed by atoms with Crippen molar-refractivity contribution in [3.05, 3.63) is 71.8 Å². The number of benzene rings is 3. The highest BCUT2D eigenvalue weighted by Crippen LogP contribution is 2.29. The van der Waals surface area contributed by atoms with Crippen LogP contribution in [0.25, 0.3) is 10.8 Å². The first-order valence-corrected chi connectivity index (χ1v) is 10.0. The van der Waals surface area contributed by atoms with Gasteiger partial charge >= 0.3 is 0 Å². The van der Waals surface area contributed by atoms with Crippen LogP contribution >= 0.6 is 0 Å². The summed E-state index contributed by atoms with van der Waals surface area (Å²) in [5.74, 6) is 1.74. The fourth-order valence-electron chi connectivity index (χ4n) is 3.88. The van der Waals surface area contributed by atoms with Crippen LogP contribution in [-0.4, -0.2) is 38.3 Å². The van der Waals surface area contributed by atoms with Crippen LogP contribution in [0.15, 0.2) is 60.7 Å². The third kappa shape index (κ3) is 4.46. The van der Waals surface area contributed by atoms with Crippen molar-refractivity contribution in [1.29, 1.82) is 0 Å². The highest BCUT2D eigenvalue weighted by molar-refractivity contribution is 5.89. The Kier molecular flexibility index (Phi) is 6.10. The number of ether oxygens (including phenoxy) is 2. The average molecular weight is 377 g/mol. The van der Waals surface area contributed by atoms with Gasteiger partial charge in [0.15, 0.2) is 0 Å². The molecule has 0 aliphatic carbocycles. The van der Waals surface area contributed by atoms with E-state index in [1.165, 1.54) is 21.9 Å². The SMILES string of the molecule is COc1ccc(OCCCNCCN2Cc3cccc4cccc(c34)C2)cc1. The Labute approximate surface area is 167 Å². The molecule has 0 amide bonds. The molecule has 0 aromatic heterocycles. The Morgan fingerprint density at radius 3 is 2.21 bits per heavy atom. The third-order valence-electron chi connectivity index (χ3n) is 5.30. The number of nitrogens with one attached hydrogen (secondary N) is 1. The molecule has 28 heavy (non-hydrogen) atoms. The topological polar surface area (TPSA) is 33.7 Å². The van der Waals surface area contributed by atoms with E-state index < -0.39 is 0 Å². The Morgan fingerprint density at radius 2 is 1.54 bits per heavy atom. The molecule has 0 atom stereocenters. The van der Waals surface area contributed by atoms with E-state index in [9.17, 15) is 0 Å². The molecule has 0 bridgehead atoms. The van der Waals surface area contributed by atoms with E-state index in [-0.39, 0.29) is 0 Å². The van der Waals surface area contributed by atoms with E-state index >= 15 is 0 Å². The first-order valence-electron chi connectivity index (χ1n) is 10.0. The molecule has 0 saturated heterocycles. The first-order chi connectivity index (χ1) is 13.8. The molecule has 4 nitrogen and oxygen atoms in total. The van der Waals surface area contributed by atoms with Gasteiger partial charge in [-0.15, -0.1) is 0 Å². The van der Waals surface area contributed by atoms with Gasteiger partial charge in [-0.3, -0.25) is 4.90 Å². The molecule has 3 aromatic rings. The average Bonchev–Trinajstić information content (AvgIpc) is 2.74. The second-order valence-electron chi connectivity index (χ2n) is 7.27. The van der Waals surface area contributed by atoms with Crippen molar-refractivity contribution in [1.82, 2.24) is 10.2 Å².